The highest BCUT2D eigenvalue weighted by atomic mass is 32.1. The predicted octanol–water partition coefficient (Wildman–Crippen LogP) is 3.51. The van der Waals surface area contributed by atoms with Crippen molar-refractivity contribution in [2.24, 2.45) is 0 Å². The number of nitrogens with zero attached hydrogens (tertiary/aromatic N) is 2. The first-order valence-electron chi connectivity index (χ1n) is 6.49. The molecule has 0 unspecified atom stereocenters. The highest BCUT2D eigenvalue weighted by Crippen LogP contribution is 2.32. The Hall–Kier alpha value is -1.68. The zero-order chi connectivity index (χ0) is 13.2. The van der Waals surface area contributed by atoms with Crippen molar-refractivity contribution in [1.82, 2.24) is 4.98 Å². The second kappa shape index (κ2) is 5.13. The molecule has 0 bridgehead atoms. The molecular weight excluding hydrogens is 256 g/mol. The van der Waals surface area contributed by atoms with Gasteiger partial charge in [-0.2, -0.15) is 11.3 Å². The Morgan fingerprint density at radius 1 is 1.47 bits per heavy atom. The zero-order valence-corrected chi connectivity index (χ0v) is 11.7. The summed E-state index contributed by atoms with van der Waals surface area (Å²) in [4.78, 5) is 18.2. The predicted molar refractivity (Wildman–Crippen MR) is 77.8 cm³/mol. The summed E-state index contributed by atoms with van der Waals surface area (Å²) in [5.74, 6) is 1.01. The molecule has 1 fully saturated rings. The van der Waals surface area contributed by atoms with Crippen molar-refractivity contribution in [2.75, 3.05) is 4.90 Å². The van der Waals surface area contributed by atoms with Crippen molar-refractivity contribution in [3.63, 3.8) is 0 Å². The average Bonchev–Trinajstić information content (AvgIpc) is 3.13. The van der Waals surface area contributed by atoms with Gasteiger partial charge in [0.15, 0.2) is 5.78 Å². The normalized spacial score (nSPS) is 14.4. The molecule has 1 aliphatic rings. The minimum atomic E-state index is 0.0925. The van der Waals surface area contributed by atoms with Crippen LogP contribution in [0.1, 0.15) is 35.7 Å². The van der Waals surface area contributed by atoms with E-state index in [-0.39, 0.29) is 5.78 Å². The smallest absolute Gasteiger partial charge is 0.159 e. The molecule has 2 heterocycles. The topological polar surface area (TPSA) is 33.2 Å². The van der Waals surface area contributed by atoms with Gasteiger partial charge in [0.25, 0.3) is 0 Å². The first-order valence-corrected chi connectivity index (χ1v) is 7.43. The molecule has 3 rings (SSSR count). The van der Waals surface area contributed by atoms with Crippen molar-refractivity contribution in [3.05, 3.63) is 46.3 Å². The minimum absolute atomic E-state index is 0.0925. The van der Waals surface area contributed by atoms with E-state index in [2.05, 4.69) is 26.7 Å². The molecule has 0 saturated heterocycles. The number of hydrogen-bond acceptors (Lipinski definition) is 4. The molecule has 0 N–H and O–H groups in total. The van der Waals surface area contributed by atoms with E-state index in [9.17, 15) is 4.79 Å². The van der Waals surface area contributed by atoms with E-state index in [0.717, 1.165) is 17.9 Å². The first kappa shape index (κ1) is 12.4. The molecule has 2 aromatic rings. The van der Waals surface area contributed by atoms with Gasteiger partial charge in [0.05, 0.1) is 0 Å². The Morgan fingerprint density at radius 3 is 2.95 bits per heavy atom. The van der Waals surface area contributed by atoms with Crippen LogP contribution in [-0.4, -0.2) is 16.8 Å². The summed E-state index contributed by atoms with van der Waals surface area (Å²) in [6, 6.07) is 6.42. The Kier molecular flexibility index (Phi) is 3.34. The average molecular weight is 272 g/mol. The lowest BCUT2D eigenvalue weighted by Crippen LogP contribution is -2.25. The van der Waals surface area contributed by atoms with E-state index in [0.29, 0.717) is 6.04 Å². The summed E-state index contributed by atoms with van der Waals surface area (Å²) in [6.45, 7) is 2.47. The molecule has 1 saturated carbocycles. The van der Waals surface area contributed by atoms with Gasteiger partial charge in [-0.25, -0.2) is 4.98 Å². The molecule has 0 aliphatic heterocycles. The molecule has 3 nitrogen and oxygen atoms in total. The van der Waals surface area contributed by atoms with Gasteiger partial charge in [0.2, 0.25) is 0 Å². The number of Topliss-reactive ketones (excluding diaryl/α,β-unsaturated/α-hetero) is 1. The maximum Gasteiger partial charge on any atom is 0.159 e. The molecular formula is C15H16N2OS. The highest BCUT2D eigenvalue weighted by molar-refractivity contribution is 7.07. The molecule has 1 aliphatic carbocycles. The number of aromatic nitrogens is 1. The third-order valence-corrected chi connectivity index (χ3v) is 4.10. The fraction of sp³-hybridized carbons (Fsp3) is 0.333. The summed E-state index contributed by atoms with van der Waals surface area (Å²) in [6.07, 6.45) is 4.17. The Labute approximate surface area is 116 Å². The van der Waals surface area contributed by atoms with Crippen molar-refractivity contribution in [1.29, 1.82) is 0 Å². The second-order valence-corrected chi connectivity index (χ2v) is 5.73. The number of anilines is 1. The van der Waals surface area contributed by atoms with Crippen molar-refractivity contribution < 1.29 is 4.79 Å². The van der Waals surface area contributed by atoms with Gasteiger partial charge in [0, 0.05) is 24.3 Å². The van der Waals surface area contributed by atoms with E-state index >= 15 is 0 Å². The van der Waals surface area contributed by atoms with Gasteiger partial charge in [0.1, 0.15) is 5.82 Å². The van der Waals surface area contributed by atoms with E-state index in [1.54, 1.807) is 30.5 Å². The molecule has 0 atom stereocenters. The SMILES string of the molecule is CC(=O)c1ccnc(N(Cc2ccsc2)C2CC2)c1. The van der Waals surface area contributed by atoms with Crippen LogP contribution in [0.15, 0.2) is 35.2 Å². The number of carbonyl (C=O) groups is 1. The Bertz CT molecular complexity index is 576. The lowest BCUT2D eigenvalue weighted by molar-refractivity contribution is 0.101. The largest absolute Gasteiger partial charge is 0.349 e. The fourth-order valence-electron chi connectivity index (χ4n) is 2.16. The maximum absolute atomic E-state index is 11.5. The third kappa shape index (κ3) is 2.84. The van der Waals surface area contributed by atoms with Gasteiger partial charge in [-0.3, -0.25) is 4.79 Å². The van der Waals surface area contributed by atoms with E-state index in [4.69, 9.17) is 0 Å². The van der Waals surface area contributed by atoms with Gasteiger partial charge < -0.3 is 4.90 Å². The van der Waals surface area contributed by atoms with Crippen LogP contribution >= 0.6 is 11.3 Å². The molecule has 0 radical (unpaired) electrons. The number of thiophene rings is 1. The summed E-state index contributed by atoms with van der Waals surface area (Å²) in [5.41, 5.74) is 2.05. The van der Waals surface area contributed by atoms with Gasteiger partial charge >= 0.3 is 0 Å². The quantitative estimate of drug-likeness (QED) is 0.781. The molecule has 4 heteroatoms. The van der Waals surface area contributed by atoms with E-state index < -0.39 is 0 Å². The number of ketones is 1. The van der Waals surface area contributed by atoms with Gasteiger partial charge in [-0.1, -0.05) is 0 Å². The Balaban J connectivity index is 1.87. The summed E-state index contributed by atoms with van der Waals surface area (Å²) in [5, 5.41) is 4.27. The lowest BCUT2D eigenvalue weighted by atomic mass is 10.2. The molecule has 19 heavy (non-hydrogen) atoms. The fourth-order valence-corrected chi connectivity index (χ4v) is 2.82. The highest BCUT2D eigenvalue weighted by Gasteiger charge is 2.30. The van der Waals surface area contributed by atoms with Gasteiger partial charge in [-0.05, 0) is 54.3 Å². The van der Waals surface area contributed by atoms with E-state index in [1.807, 2.05) is 6.07 Å². The molecule has 98 valence electrons. The van der Waals surface area contributed by atoms with Crippen LogP contribution in [0.25, 0.3) is 0 Å². The molecule has 0 aromatic carbocycles. The van der Waals surface area contributed by atoms with Crippen LogP contribution in [0.4, 0.5) is 5.82 Å². The third-order valence-electron chi connectivity index (χ3n) is 3.37. The van der Waals surface area contributed by atoms with Crippen molar-refractivity contribution >= 4 is 22.9 Å². The van der Waals surface area contributed by atoms with Crippen LogP contribution in [0.2, 0.25) is 0 Å². The van der Waals surface area contributed by atoms with Crippen LogP contribution in [0, 0.1) is 0 Å². The first-order chi connectivity index (χ1) is 9.24. The molecule has 2 aromatic heterocycles. The lowest BCUT2D eigenvalue weighted by Gasteiger charge is -2.23. The Morgan fingerprint density at radius 2 is 2.32 bits per heavy atom. The zero-order valence-electron chi connectivity index (χ0n) is 10.9. The second-order valence-electron chi connectivity index (χ2n) is 4.95. The van der Waals surface area contributed by atoms with E-state index in [1.165, 1.54) is 18.4 Å². The van der Waals surface area contributed by atoms with Crippen LogP contribution < -0.4 is 4.90 Å². The van der Waals surface area contributed by atoms with Crippen LogP contribution in [0.3, 0.4) is 0 Å². The van der Waals surface area contributed by atoms with Crippen LogP contribution in [0.5, 0.6) is 0 Å². The summed E-state index contributed by atoms with van der Waals surface area (Å²) >= 11 is 1.72. The number of rotatable bonds is 5. The van der Waals surface area contributed by atoms with Crippen molar-refractivity contribution in [2.45, 2.75) is 32.4 Å². The summed E-state index contributed by atoms with van der Waals surface area (Å²) in [7, 11) is 0. The van der Waals surface area contributed by atoms with Crippen LogP contribution in [-0.2, 0) is 6.54 Å². The molecule has 0 amide bonds. The number of pyridine rings is 1. The number of hydrogen-bond donors (Lipinski definition) is 0. The minimum Gasteiger partial charge on any atom is -0.349 e. The van der Waals surface area contributed by atoms with Gasteiger partial charge in [-0.15, -0.1) is 0 Å². The maximum atomic E-state index is 11.5. The number of carbonyl (C=O) groups excluding carboxylic acids is 1. The summed E-state index contributed by atoms with van der Waals surface area (Å²) < 4.78 is 0. The molecule has 0 spiro atoms. The van der Waals surface area contributed by atoms with Crippen molar-refractivity contribution in [3.8, 4) is 0 Å². The standard InChI is InChI=1S/C15H16N2OS/c1-11(18)13-4-6-16-15(8-13)17(14-2-3-14)9-12-5-7-19-10-12/h4-8,10,14H,2-3,9H2,1H3. The monoisotopic (exact) mass is 272 g/mol.